The lowest BCUT2D eigenvalue weighted by Gasteiger charge is -2.16. The van der Waals surface area contributed by atoms with Crippen LogP contribution in [-0.2, 0) is 13.0 Å². The molecule has 0 saturated heterocycles. The fourth-order valence-electron chi connectivity index (χ4n) is 1.25. The first-order valence-corrected chi connectivity index (χ1v) is 5.05. The maximum atomic E-state index is 8.85. The van der Waals surface area contributed by atoms with Crippen molar-refractivity contribution in [2.75, 3.05) is 19.7 Å². The van der Waals surface area contributed by atoms with Crippen molar-refractivity contribution in [3.8, 4) is 0 Å². The first kappa shape index (κ1) is 11.9. The SMILES string of the molecule is C=CCN(CCO)Cc1nnc(CC)o1. The number of aliphatic hydroxyl groups excluding tert-OH is 1. The fraction of sp³-hybridized carbons (Fsp3) is 0.600. The van der Waals surface area contributed by atoms with Gasteiger partial charge in [-0.15, -0.1) is 16.8 Å². The summed E-state index contributed by atoms with van der Waals surface area (Å²) in [5, 5.41) is 16.6. The predicted molar refractivity (Wildman–Crippen MR) is 56.2 cm³/mol. The molecule has 5 nitrogen and oxygen atoms in total. The number of hydrogen-bond donors (Lipinski definition) is 1. The number of aryl methyl sites for hydroxylation is 1. The molecule has 0 aromatic carbocycles. The Kier molecular flexibility index (Phi) is 5.00. The van der Waals surface area contributed by atoms with Crippen LogP contribution in [0.15, 0.2) is 17.1 Å². The van der Waals surface area contributed by atoms with Crippen LogP contribution in [0.5, 0.6) is 0 Å². The summed E-state index contributed by atoms with van der Waals surface area (Å²) in [5.41, 5.74) is 0. The van der Waals surface area contributed by atoms with Gasteiger partial charge in [0.25, 0.3) is 0 Å². The van der Waals surface area contributed by atoms with Crippen LogP contribution in [0.3, 0.4) is 0 Å². The molecule has 5 heteroatoms. The predicted octanol–water partition coefficient (Wildman–Crippen LogP) is 0.612. The lowest BCUT2D eigenvalue weighted by atomic mass is 10.4. The van der Waals surface area contributed by atoms with Crippen LogP contribution in [0.25, 0.3) is 0 Å². The Morgan fingerprint density at radius 3 is 2.73 bits per heavy atom. The largest absolute Gasteiger partial charge is 0.424 e. The van der Waals surface area contributed by atoms with Crippen molar-refractivity contribution in [1.29, 1.82) is 0 Å². The van der Waals surface area contributed by atoms with E-state index in [-0.39, 0.29) is 6.61 Å². The highest BCUT2D eigenvalue weighted by Crippen LogP contribution is 2.04. The molecular formula is C10H17N3O2. The molecule has 0 spiro atoms. The van der Waals surface area contributed by atoms with Crippen LogP contribution in [0.2, 0.25) is 0 Å². The second-order valence-electron chi connectivity index (χ2n) is 3.19. The molecule has 84 valence electrons. The third-order valence-corrected chi connectivity index (χ3v) is 1.97. The summed E-state index contributed by atoms with van der Waals surface area (Å²) in [6.45, 7) is 7.57. The van der Waals surface area contributed by atoms with Crippen LogP contribution in [0, 0.1) is 0 Å². The first-order valence-electron chi connectivity index (χ1n) is 5.05. The minimum atomic E-state index is 0.114. The number of aromatic nitrogens is 2. The molecule has 1 heterocycles. The molecule has 15 heavy (non-hydrogen) atoms. The summed E-state index contributed by atoms with van der Waals surface area (Å²) in [6, 6.07) is 0. The Morgan fingerprint density at radius 2 is 2.20 bits per heavy atom. The highest BCUT2D eigenvalue weighted by atomic mass is 16.4. The van der Waals surface area contributed by atoms with Crippen LogP contribution in [-0.4, -0.2) is 39.9 Å². The molecule has 1 N–H and O–H groups in total. The van der Waals surface area contributed by atoms with Gasteiger partial charge < -0.3 is 9.52 Å². The Labute approximate surface area is 89.4 Å². The fourth-order valence-corrected chi connectivity index (χ4v) is 1.25. The number of aliphatic hydroxyl groups is 1. The lowest BCUT2D eigenvalue weighted by Crippen LogP contribution is -2.26. The Bertz CT molecular complexity index is 299. The average Bonchev–Trinajstić information content (AvgIpc) is 2.66. The normalized spacial score (nSPS) is 10.9. The molecule has 1 aromatic heterocycles. The van der Waals surface area contributed by atoms with Gasteiger partial charge in [0.15, 0.2) is 0 Å². The molecule has 0 radical (unpaired) electrons. The van der Waals surface area contributed by atoms with E-state index in [4.69, 9.17) is 9.52 Å². The lowest BCUT2D eigenvalue weighted by molar-refractivity contribution is 0.191. The topological polar surface area (TPSA) is 62.4 Å². The van der Waals surface area contributed by atoms with Gasteiger partial charge in [-0.3, -0.25) is 4.90 Å². The summed E-state index contributed by atoms with van der Waals surface area (Å²) in [4.78, 5) is 1.99. The highest BCUT2D eigenvalue weighted by Gasteiger charge is 2.09. The molecular weight excluding hydrogens is 194 g/mol. The molecule has 0 aliphatic heterocycles. The minimum absolute atomic E-state index is 0.114. The molecule has 1 aromatic rings. The molecule has 0 bridgehead atoms. The standard InChI is InChI=1S/C10H17N3O2/c1-3-5-13(6-7-14)8-10-12-11-9(4-2)15-10/h3,14H,1,4-8H2,2H3. The highest BCUT2D eigenvalue weighted by molar-refractivity contribution is 4.83. The monoisotopic (exact) mass is 211 g/mol. The molecule has 0 aliphatic rings. The zero-order valence-corrected chi connectivity index (χ0v) is 9.02. The van der Waals surface area contributed by atoms with Gasteiger partial charge in [0.05, 0.1) is 13.2 Å². The van der Waals surface area contributed by atoms with Crippen molar-refractivity contribution in [1.82, 2.24) is 15.1 Å². The van der Waals surface area contributed by atoms with Crippen LogP contribution in [0.4, 0.5) is 0 Å². The van der Waals surface area contributed by atoms with E-state index in [1.54, 1.807) is 6.08 Å². The van der Waals surface area contributed by atoms with Gasteiger partial charge in [0, 0.05) is 19.5 Å². The second-order valence-corrected chi connectivity index (χ2v) is 3.19. The maximum absolute atomic E-state index is 8.85. The van der Waals surface area contributed by atoms with E-state index in [0.29, 0.717) is 31.4 Å². The molecule has 1 rings (SSSR count). The van der Waals surface area contributed by atoms with Crippen molar-refractivity contribution >= 4 is 0 Å². The summed E-state index contributed by atoms with van der Waals surface area (Å²) in [5.74, 6) is 1.23. The van der Waals surface area contributed by atoms with E-state index in [1.165, 1.54) is 0 Å². The summed E-state index contributed by atoms with van der Waals surface area (Å²) >= 11 is 0. The maximum Gasteiger partial charge on any atom is 0.230 e. The third-order valence-electron chi connectivity index (χ3n) is 1.97. The molecule has 0 amide bonds. The van der Waals surface area contributed by atoms with Crippen molar-refractivity contribution in [2.24, 2.45) is 0 Å². The minimum Gasteiger partial charge on any atom is -0.424 e. The van der Waals surface area contributed by atoms with Crippen molar-refractivity contribution in [2.45, 2.75) is 19.9 Å². The zero-order chi connectivity index (χ0) is 11.1. The quantitative estimate of drug-likeness (QED) is 0.670. The van der Waals surface area contributed by atoms with Gasteiger partial charge >= 0.3 is 0 Å². The molecule has 0 unspecified atom stereocenters. The number of hydrogen-bond acceptors (Lipinski definition) is 5. The smallest absolute Gasteiger partial charge is 0.230 e. The number of rotatable bonds is 7. The third kappa shape index (κ3) is 3.81. The van der Waals surface area contributed by atoms with Gasteiger partial charge in [-0.05, 0) is 0 Å². The van der Waals surface area contributed by atoms with E-state index >= 15 is 0 Å². The van der Waals surface area contributed by atoms with Crippen molar-refractivity contribution < 1.29 is 9.52 Å². The van der Waals surface area contributed by atoms with Gasteiger partial charge in [-0.25, -0.2) is 0 Å². The van der Waals surface area contributed by atoms with Gasteiger partial charge in [0.1, 0.15) is 0 Å². The Hall–Kier alpha value is -1.20. The molecule has 0 fully saturated rings. The van der Waals surface area contributed by atoms with E-state index in [0.717, 1.165) is 6.42 Å². The van der Waals surface area contributed by atoms with Gasteiger partial charge in [-0.2, -0.15) is 0 Å². The first-order chi connectivity index (χ1) is 7.30. The Balaban J connectivity index is 2.52. The van der Waals surface area contributed by atoms with Gasteiger partial charge in [-0.1, -0.05) is 13.0 Å². The second kappa shape index (κ2) is 6.31. The zero-order valence-electron chi connectivity index (χ0n) is 9.02. The molecule has 0 aliphatic carbocycles. The molecule has 0 atom stereocenters. The summed E-state index contributed by atoms with van der Waals surface area (Å²) < 4.78 is 5.38. The summed E-state index contributed by atoms with van der Waals surface area (Å²) in [7, 11) is 0. The van der Waals surface area contributed by atoms with Crippen LogP contribution >= 0.6 is 0 Å². The van der Waals surface area contributed by atoms with Crippen LogP contribution in [0.1, 0.15) is 18.7 Å². The number of nitrogens with zero attached hydrogens (tertiary/aromatic N) is 3. The average molecular weight is 211 g/mol. The van der Waals surface area contributed by atoms with Crippen molar-refractivity contribution in [3.05, 3.63) is 24.4 Å². The van der Waals surface area contributed by atoms with E-state index in [2.05, 4.69) is 16.8 Å². The Morgan fingerprint density at radius 1 is 1.47 bits per heavy atom. The van der Waals surface area contributed by atoms with E-state index < -0.39 is 0 Å². The van der Waals surface area contributed by atoms with Gasteiger partial charge in [0.2, 0.25) is 11.8 Å². The van der Waals surface area contributed by atoms with E-state index in [1.807, 2.05) is 11.8 Å². The van der Waals surface area contributed by atoms with Crippen molar-refractivity contribution in [3.63, 3.8) is 0 Å². The molecule has 0 saturated carbocycles. The summed E-state index contributed by atoms with van der Waals surface area (Å²) in [6.07, 6.45) is 2.53. The van der Waals surface area contributed by atoms with Crippen LogP contribution < -0.4 is 0 Å². The van der Waals surface area contributed by atoms with E-state index in [9.17, 15) is 0 Å².